The Bertz CT molecular complexity index is 862. The Labute approximate surface area is 178 Å². The first-order valence-corrected chi connectivity index (χ1v) is 9.84. The van der Waals surface area contributed by atoms with Crippen LogP contribution in [0.5, 0.6) is 5.75 Å². The molecule has 0 bridgehead atoms. The molecule has 0 saturated carbocycles. The van der Waals surface area contributed by atoms with Crippen LogP contribution in [0.2, 0.25) is 0 Å². The summed E-state index contributed by atoms with van der Waals surface area (Å²) in [5.74, 6) is 0.556. The molecule has 160 valence electrons. The largest absolute Gasteiger partial charge is 0.497 e. The molecule has 2 aromatic carbocycles. The van der Waals surface area contributed by atoms with Gasteiger partial charge in [0.2, 0.25) is 5.91 Å². The van der Waals surface area contributed by atoms with Crippen molar-refractivity contribution in [2.45, 2.75) is 12.5 Å². The number of ether oxygens (including phenoxy) is 1. The highest BCUT2D eigenvalue weighted by molar-refractivity contribution is 6.08. The highest BCUT2D eigenvalue weighted by Crippen LogP contribution is 2.22. The molecular formula is C23H31N5O2. The second-order valence-electron chi connectivity index (χ2n) is 7.15. The molecule has 0 aromatic heterocycles. The zero-order valence-electron chi connectivity index (χ0n) is 17.8. The molecule has 1 amide bonds. The lowest BCUT2D eigenvalue weighted by molar-refractivity contribution is -0.118. The number of methoxy groups -OCH3 is 1. The van der Waals surface area contributed by atoms with Gasteiger partial charge < -0.3 is 31.4 Å². The van der Waals surface area contributed by atoms with E-state index >= 15 is 0 Å². The number of allylic oxidation sites excluding steroid dienone is 1. The molecule has 0 aliphatic rings. The van der Waals surface area contributed by atoms with Crippen molar-refractivity contribution in [3.8, 4) is 5.75 Å². The Morgan fingerprint density at radius 3 is 2.57 bits per heavy atom. The van der Waals surface area contributed by atoms with Crippen molar-refractivity contribution in [3.63, 3.8) is 0 Å². The zero-order chi connectivity index (χ0) is 21.9. The van der Waals surface area contributed by atoms with E-state index in [1.165, 1.54) is 12.4 Å². The molecular weight excluding hydrogens is 378 g/mol. The van der Waals surface area contributed by atoms with Crippen LogP contribution in [0.1, 0.15) is 23.6 Å². The van der Waals surface area contributed by atoms with Gasteiger partial charge in [-0.2, -0.15) is 0 Å². The second kappa shape index (κ2) is 11.7. The van der Waals surface area contributed by atoms with Crippen LogP contribution >= 0.6 is 0 Å². The van der Waals surface area contributed by atoms with E-state index in [1.54, 1.807) is 19.2 Å². The van der Waals surface area contributed by atoms with Crippen LogP contribution in [0.3, 0.4) is 0 Å². The van der Waals surface area contributed by atoms with Gasteiger partial charge in [0.05, 0.1) is 7.11 Å². The normalized spacial score (nSPS) is 12.5. The summed E-state index contributed by atoms with van der Waals surface area (Å²) in [7, 11) is 5.66. The van der Waals surface area contributed by atoms with Crippen LogP contribution in [-0.2, 0) is 4.79 Å². The van der Waals surface area contributed by atoms with Crippen molar-refractivity contribution < 1.29 is 9.53 Å². The molecule has 0 aliphatic carbocycles. The summed E-state index contributed by atoms with van der Waals surface area (Å²) < 4.78 is 5.32. The van der Waals surface area contributed by atoms with E-state index in [4.69, 9.17) is 15.9 Å². The molecule has 5 N–H and O–H groups in total. The number of benzene rings is 2. The molecule has 0 aliphatic heterocycles. The lowest BCUT2D eigenvalue weighted by Crippen LogP contribution is -2.34. The van der Waals surface area contributed by atoms with Crippen molar-refractivity contribution in [2.24, 2.45) is 5.73 Å². The fourth-order valence-electron chi connectivity index (χ4n) is 3.01. The summed E-state index contributed by atoms with van der Waals surface area (Å²) in [6, 6.07) is 14.3. The summed E-state index contributed by atoms with van der Waals surface area (Å²) in [5.41, 5.74) is 8.48. The average Bonchev–Trinajstić information content (AvgIpc) is 2.75. The molecule has 0 saturated heterocycles. The molecule has 0 radical (unpaired) electrons. The van der Waals surface area contributed by atoms with Gasteiger partial charge in [-0.15, -0.1) is 0 Å². The Balaban J connectivity index is 2.15. The van der Waals surface area contributed by atoms with E-state index in [-0.39, 0.29) is 5.91 Å². The van der Waals surface area contributed by atoms with Gasteiger partial charge in [0.15, 0.2) is 0 Å². The Kier molecular flexibility index (Phi) is 9.05. The predicted octanol–water partition coefficient (Wildman–Crippen LogP) is 2.87. The number of anilines is 1. The molecule has 7 heteroatoms. The van der Waals surface area contributed by atoms with Crippen molar-refractivity contribution in [1.29, 1.82) is 5.41 Å². The number of nitrogens with two attached hydrogens (primary N) is 1. The first-order valence-electron chi connectivity index (χ1n) is 9.84. The number of carbonyl (C=O) groups excluding carboxylic acids is 1. The molecule has 1 atom stereocenters. The highest BCUT2D eigenvalue weighted by atomic mass is 16.5. The van der Waals surface area contributed by atoms with Crippen LogP contribution < -0.4 is 21.1 Å². The number of amides is 1. The lowest BCUT2D eigenvalue weighted by Gasteiger charge is -2.20. The van der Waals surface area contributed by atoms with E-state index < -0.39 is 6.04 Å². The first-order chi connectivity index (χ1) is 14.5. The highest BCUT2D eigenvalue weighted by Gasteiger charge is 2.21. The monoisotopic (exact) mass is 409 g/mol. The summed E-state index contributed by atoms with van der Waals surface area (Å²) in [6.07, 6.45) is 3.51. The van der Waals surface area contributed by atoms with E-state index in [9.17, 15) is 4.79 Å². The number of nitrogens with one attached hydrogen (secondary N) is 3. The van der Waals surface area contributed by atoms with Gasteiger partial charge in [-0.05, 0) is 69.0 Å². The molecule has 2 aromatic rings. The average molecular weight is 410 g/mol. The van der Waals surface area contributed by atoms with E-state index in [1.807, 2.05) is 50.5 Å². The van der Waals surface area contributed by atoms with Crippen LogP contribution in [-0.4, -0.2) is 51.3 Å². The summed E-state index contributed by atoms with van der Waals surface area (Å²) in [6.45, 7) is 1.64. The maximum atomic E-state index is 13.1. The fourth-order valence-corrected chi connectivity index (χ4v) is 3.01. The molecule has 1 unspecified atom stereocenters. The fraction of sp³-hybridized carbons (Fsp3) is 0.304. The molecule has 0 spiro atoms. The summed E-state index contributed by atoms with van der Waals surface area (Å²) in [5, 5.41) is 13.7. The van der Waals surface area contributed by atoms with E-state index in [2.05, 4.69) is 15.5 Å². The van der Waals surface area contributed by atoms with Gasteiger partial charge in [0, 0.05) is 23.7 Å². The zero-order valence-corrected chi connectivity index (χ0v) is 17.8. The van der Waals surface area contributed by atoms with Crippen molar-refractivity contribution >= 4 is 23.4 Å². The van der Waals surface area contributed by atoms with Gasteiger partial charge >= 0.3 is 0 Å². The summed E-state index contributed by atoms with van der Waals surface area (Å²) in [4.78, 5) is 15.2. The van der Waals surface area contributed by atoms with E-state index in [0.29, 0.717) is 23.6 Å². The SMILES string of the molecule is COc1cccc(C(NCCCN(C)C)C(=O)Nc2ccc(/C(C=N)=C/N)cc2)c1. The van der Waals surface area contributed by atoms with Gasteiger partial charge in [-0.3, -0.25) is 4.79 Å². The summed E-state index contributed by atoms with van der Waals surface area (Å²) >= 11 is 0. The van der Waals surface area contributed by atoms with Crippen LogP contribution in [0.15, 0.2) is 54.7 Å². The number of hydrogen-bond donors (Lipinski definition) is 4. The van der Waals surface area contributed by atoms with Crippen LogP contribution in [0.25, 0.3) is 5.57 Å². The number of nitrogens with zero attached hydrogens (tertiary/aromatic N) is 1. The maximum Gasteiger partial charge on any atom is 0.246 e. The minimum absolute atomic E-state index is 0.150. The minimum atomic E-state index is -0.511. The standard InChI is InChI=1S/C23H31N5O2/c1-28(2)13-5-12-26-22(18-6-4-7-21(14-18)30-3)23(29)27-20-10-8-17(9-11-20)19(15-24)16-25/h4,6-11,14-16,22,24,26H,5,12-13,25H2,1-3H3,(H,27,29)/b19-16+,24-15?. The maximum absolute atomic E-state index is 13.1. The van der Waals surface area contributed by atoms with Gasteiger partial charge in [0.1, 0.15) is 11.8 Å². The van der Waals surface area contributed by atoms with Gasteiger partial charge in [-0.25, -0.2) is 0 Å². The van der Waals surface area contributed by atoms with Crippen LogP contribution in [0, 0.1) is 5.41 Å². The Morgan fingerprint density at radius 1 is 1.23 bits per heavy atom. The third-order valence-corrected chi connectivity index (χ3v) is 4.64. The third-order valence-electron chi connectivity index (χ3n) is 4.64. The number of hydrogen-bond acceptors (Lipinski definition) is 6. The second-order valence-corrected chi connectivity index (χ2v) is 7.15. The molecule has 2 rings (SSSR count). The quantitative estimate of drug-likeness (QED) is 0.338. The number of carbonyl (C=O) groups is 1. The topological polar surface area (TPSA) is 103 Å². The lowest BCUT2D eigenvalue weighted by atomic mass is 10.0. The molecule has 0 fully saturated rings. The van der Waals surface area contributed by atoms with Gasteiger partial charge in [-0.1, -0.05) is 24.3 Å². The van der Waals surface area contributed by atoms with Crippen LogP contribution in [0.4, 0.5) is 5.69 Å². The first kappa shape index (κ1) is 23.1. The van der Waals surface area contributed by atoms with Crippen molar-refractivity contribution in [2.75, 3.05) is 39.6 Å². The third kappa shape index (κ3) is 6.72. The Morgan fingerprint density at radius 2 is 1.97 bits per heavy atom. The minimum Gasteiger partial charge on any atom is -0.497 e. The predicted molar refractivity (Wildman–Crippen MR) is 123 cm³/mol. The van der Waals surface area contributed by atoms with Crippen molar-refractivity contribution in [1.82, 2.24) is 10.2 Å². The molecule has 30 heavy (non-hydrogen) atoms. The van der Waals surface area contributed by atoms with E-state index in [0.717, 1.165) is 24.1 Å². The van der Waals surface area contributed by atoms with Gasteiger partial charge in [0.25, 0.3) is 0 Å². The Hall–Kier alpha value is -3.16. The number of rotatable bonds is 11. The molecule has 0 heterocycles. The molecule has 7 nitrogen and oxygen atoms in total. The van der Waals surface area contributed by atoms with Crippen molar-refractivity contribution in [3.05, 3.63) is 65.9 Å². The smallest absolute Gasteiger partial charge is 0.246 e.